The molecule has 0 radical (unpaired) electrons. The molecule has 0 aliphatic carbocycles. The predicted molar refractivity (Wildman–Crippen MR) is 114 cm³/mol. The van der Waals surface area contributed by atoms with Crippen LogP contribution < -0.4 is 5.32 Å². The van der Waals surface area contributed by atoms with E-state index in [1.54, 1.807) is 36.4 Å². The van der Waals surface area contributed by atoms with Crippen molar-refractivity contribution in [3.63, 3.8) is 0 Å². The molecule has 2 rings (SSSR count). The second-order valence-corrected chi connectivity index (χ2v) is 7.58. The SMILES string of the molecule is CCCNC(=O)[C@@H](CC)N(Cc1ccc(Cl)cc1Cl)C(=O)Cc1ccccc1F. The number of hydrogen-bond donors (Lipinski definition) is 1. The lowest BCUT2D eigenvalue weighted by atomic mass is 10.1. The first-order chi connectivity index (χ1) is 13.9. The molecule has 0 heterocycles. The van der Waals surface area contributed by atoms with Crippen LogP contribution in [0, 0.1) is 5.82 Å². The molecule has 7 heteroatoms. The minimum Gasteiger partial charge on any atom is -0.354 e. The van der Waals surface area contributed by atoms with Gasteiger partial charge in [-0.3, -0.25) is 9.59 Å². The molecule has 0 saturated heterocycles. The first-order valence-electron chi connectivity index (χ1n) is 9.61. The third-order valence-corrected chi connectivity index (χ3v) is 5.18. The van der Waals surface area contributed by atoms with Crippen LogP contribution in [0.5, 0.6) is 0 Å². The Morgan fingerprint density at radius 3 is 2.45 bits per heavy atom. The summed E-state index contributed by atoms with van der Waals surface area (Å²) in [6.07, 6.45) is 1.06. The predicted octanol–water partition coefficient (Wildman–Crippen LogP) is 5.01. The molecule has 0 saturated carbocycles. The topological polar surface area (TPSA) is 49.4 Å². The van der Waals surface area contributed by atoms with Gasteiger partial charge in [-0.15, -0.1) is 0 Å². The molecule has 0 aromatic heterocycles. The Morgan fingerprint density at radius 1 is 1.10 bits per heavy atom. The van der Waals surface area contributed by atoms with Crippen LogP contribution >= 0.6 is 23.2 Å². The van der Waals surface area contributed by atoms with Gasteiger partial charge in [0.05, 0.1) is 6.42 Å². The summed E-state index contributed by atoms with van der Waals surface area (Å²) >= 11 is 12.3. The monoisotopic (exact) mass is 438 g/mol. The third-order valence-electron chi connectivity index (χ3n) is 4.59. The summed E-state index contributed by atoms with van der Waals surface area (Å²) in [6.45, 7) is 4.44. The molecule has 2 aromatic carbocycles. The minimum absolute atomic E-state index is 0.126. The standard InChI is InChI=1S/C22H25Cl2FN2O2/c1-3-11-26-22(29)20(4-2)27(14-16-9-10-17(23)13-18(16)24)21(28)12-15-7-5-6-8-19(15)25/h5-10,13,20H,3-4,11-12,14H2,1-2H3,(H,26,29)/t20-/m1/s1. The number of amides is 2. The van der Waals surface area contributed by atoms with Crippen molar-refractivity contribution in [3.05, 3.63) is 69.5 Å². The summed E-state index contributed by atoms with van der Waals surface area (Å²) in [5.74, 6) is -1.03. The number of carbonyl (C=O) groups is 2. The van der Waals surface area contributed by atoms with Crippen molar-refractivity contribution in [2.75, 3.05) is 6.54 Å². The van der Waals surface area contributed by atoms with Crippen molar-refractivity contribution >= 4 is 35.0 Å². The number of halogens is 3. The molecule has 1 atom stereocenters. The van der Waals surface area contributed by atoms with Gasteiger partial charge >= 0.3 is 0 Å². The Balaban J connectivity index is 2.33. The number of nitrogens with zero attached hydrogens (tertiary/aromatic N) is 1. The van der Waals surface area contributed by atoms with E-state index >= 15 is 0 Å². The molecule has 0 unspecified atom stereocenters. The van der Waals surface area contributed by atoms with Crippen LogP contribution in [0.2, 0.25) is 10.0 Å². The molecule has 0 aliphatic heterocycles. The maximum atomic E-state index is 14.1. The molecule has 2 amide bonds. The van der Waals surface area contributed by atoms with E-state index in [2.05, 4.69) is 5.32 Å². The van der Waals surface area contributed by atoms with E-state index in [9.17, 15) is 14.0 Å². The highest BCUT2D eigenvalue weighted by Crippen LogP contribution is 2.24. The lowest BCUT2D eigenvalue weighted by Gasteiger charge is -2.31. The minimum atomic E-state index is -0.687. The average Bonchev–Trinajstić information content (AvgIpc) is 2.69. The van der Waals surface area contributed by atoms with Crippen LogP contribution in [-0.4, -0.2) is 29.3 Å². The Morgan fingerprint density at radius 2 is 1.83 bits per heavy atom. The second kappa shape index (κ2) is 11.2. The first-order valence-corrected chi connectivity index (χ1v) is 10.4. The molecule has 4 nitrogen and oxygen atoms in total. The number of nitrogens with one attached hydrogen (secondary N) is 1. The van der Waals surface area contributed by atoms with Crippen LogP contribution in [0.4, 0.5) is 4.39 Å². The van der Waals surface area contributed by atoms with Gasteiger partial charge in [-0.05, 0) is 42.2 Å². The average molecular weight is 439 g/mol. The van der Waals surface area contributed by atoms with Crippen molar-refractivity contribution < 1.29 is 14.0 Å². The zero-order valence-corrected chi connectivity index (χ0v) is 18.1. The summed E-state index contributed by atoms with van der Waals surface area (Å²) in [5.41, 5.74) is 0.952. The van der Waals surface area contributed by atoms with Crippen molar-refractivity contribution in [2.24, 2.45) is 0 Å². The molecular formula is C22H25Cl2FN2O2. The van der Waals surface area contributed by atoms with Gasteiger partial charge in [0.25, 0.3) is 0 Å². The summed E-state index contributed by atoms with van der Waals surface area (Å²) in [7, 11) is 0. The highest BCUT2D eigenvalue weighted by Gasteiger charge is 2.29. The maximum Gasteiger partial charge on any atom is 0.242 e. The van der Waals surface area contributed by atoms with Gasteiger partial charge in [0.2, 0.25) is 11.8 Å². The zero-order chi connectivity index (χ0) is 21.4. The fourth-order valence-electron chi connectivity index (χ4n) is 3.03. The van der Waals surface area contributed by atoms with E-state index in [4.69, 9.17) is 23.2 Å². The summed E-state index contributed by atoms with van der Waals surface area (Å²) in [4.78, 5) is 27.3. The van der Waals surface area contributed by atoms with E-state index < -0.39 is 11.9 Å². The van der Waals surface area contributed by atoms with Gasteiger partial charge in [-0.1, -0.05) is 61.3 Å². The normalized spacial score (nSPS) is 11.8. The van der Waals surface area contributed by atoms with Crippen LogP contribution in [0.3, 0.4) is 0 Å². The van der Waals surface area contributed by atoms with Gasteiger partial charge in [0.1, 0.15) is 11.9 Å². The van der Waals surface area contributed by atoms with E-state index in [1.807, 2.05) is 13.8 Å². The molecule has 0 fully saturated rings. The molecule has 0 bridgehead atoms. The Labute approximate surface area is 181 Å². The zero-order valence-electron chi connectivity index (χ0n) is 16.6. The second-order valence-electron chi connectivity index (χ2n) is 6.74. The van der Waals surface area contributed by atoms with Crippen LogP contribution in [0.1, 0.15) is 37.8 Å². The largest absolute Gasteiger partial charge is 0.354 e. The Kier molecular flexibility index (Phi) is 8.93. The Hall–Kier alpha value is -2.11. The molecule has 1 N–H and O–H groups in total. The fourth-order valence-corrected chi connectivity index (χ4v) is 3.49. The summed E-state index contributed by atoms with van der Waals surface area (Å²) < 4.78 is 14.1. The number of hydrogen-bond acceptors (Lipinski definition) is 2. The molecular weight excluding hydrogens is 414 g/mol. The van der Waals surface area contributed by atoms with Crippen molar-refractivity contribution in [1.82, 2.24) is 10.2 Å². The molecule has 0 aliphatic rings. The van der Waals surface area contributed by atoms with E-state index in [0.717, 1.165) is 6.42 Å². The van der Waals surface area contributed by atoms with Gasteiger partial charge in [-0.25, -0.2) is 4.39 Å². The fraction of sp³-hybridized carbons (Fsp3) is 0.364. The smallest absolute Gasteiger partial charge is 0.242 e. The Bertz CT molecular complexity index is 860. The first kappa shape index (κ1) is 23.2. The number of carbonyl (C=O) groups excluding carboxylic acids is 2. The van der Waals surface area contributed by atoms with Gasteiger partial charge in [-0.2, -0.15) is 0 Å². The molecule has 156 valence electrons. The van der Waals surface area contributed by atoms with E-state index in [0.29, 0.717) is 28.6 Å². The lowest BCUT2D eigenvalue weighted by molar-refractivity contribution is -0.141. The molecule has 2 aromatic rings. The van der Waals surface area contributed by atoms with Crippen molar-refractivity contribution in [1.29, 1.82) is 0 Å². The quantitative estimate of drug-likeness (QED) is 0.597. The molecule has 0 spiro atoms. The summed E-state index contributed by atoms with van der Waals surface area (Å²) in [6, 6.07) is 10.4. The van der Waals surface area contributed by atoms with Gasteiger partial charge < -0.3 is 10.2 Å². The summed E-state index contributed by atoms with van der Waals surface area (Å²) in [5, 5.41) is 3.73. The lowest BCUT2D eigenvalue weighted by Crippen LogP contribution is -2.49. The highest BCUT2D eigenvalue weighted by molar-refractivity contribution is 6.35. The maximum absolute atomic E-state index is 14.1. The highest BCUT2D eigenvalue weighted by atomic mass is 35.5. The van der Waals surface area contributed by atoms with E-state index in [1.165, 1.54) is 11.0 Å². The van der Waals surface area contributed by atoms with Gasteiger partial charge in [0.15, 0.2) is 0 Å². The van der Waals surface area contributed by atoms with Crippen LogP contribution in [0.15, 0.2) is 42.5 Å². The van der Waals surface area contributed by atoms with Crippen molar-refractivity contribution in [3.8, 4) is 0 Å². The number of rotatable bonds is 9. The van der Waals surface area contributed by atoms with Crippen molar-refractivity contribution in [2.45, 2.75) is 45.7 Å². The third kappa shape index (κ3) is 6.44. The van der Waals surface area contributed by atoms with Crippen LogP contribution in [-0.2, 0) is 22.6 Å². The molecule has 29 heavy (non-hydrogen) atoms. The van der Waals surface area contributed by atoms with Gasteiger partial charge in [0, 0.05) is 23.1 Å². The number of benzene rings is 2. The van der Waals surface area contributed by atoms with Crippen LogP contribution in [0.25, 0.3) is 0 Å². The van der Waals surface area contributed by atoms with E-state index in [-0.39, 0.29) is 30.3 Å².